The number of benzene rings is 2. The Morgan fingerprint density at radius 3 is 2.79 bits per heavy atom. The number of amides is 2. The standard InChI is InChI=1S/C19H19FN2O4S2/c1-12-10-13(20)2-4-15(12)21-19(24)7-9-28(25,26)14-3-5-17-16(11-14)22-18(23)6-8-27-17/h2-5,10-11H,6-9H2,1H3,(H,21,24)(H,22,23). The number of anilines is 2. The summed E-state index contributed by atoms with van der Waals surface area (Å²) >= 11 is 1.49. The van der Waals surface area contributed by atoms with Gasteiger partial charge in [-0.3, -0.25) is 9.59 Å². The molecule has 0 saturated carbocycles. The minimum absolute atomic E-state index is 0.0554. The largest absolute Gasteiger partial charge is 0.326 e. The van der Waals surface area contributed by atoms with Gasteiger partial charge in [0.2, 0.25) is 11.8 Å². The zero-order valence-corrected chi connectivity index (χ0v) is 16.8. The van der Waals surface area contributed by atoms with Crippen molar-refractivity contribution in [3.63, 3.8) is 0 Å². The van der Waals surface area contributed by atoms with Gasteiger partial charge in [-0.05, 0) is 48.9 Å². The number of carbonyl (C=O) groups is 2. The smallest absolute Gasteiger partial charge is 0.225 e. The zero-order chi connectivity index (χ0) is 20.3. The highest BCUT2D eigenvalue weighted by Crippen LogP contribution is 2.33. The Bertz CT molecular complexity index is 1040. The van der Waals surface area contributed by atoms with Gasteiger partial charge in [0.05, 0.1) is 16.3 Å². The molecule has 0 aliphatic carbocycles. The van der Waals surface area contributed by atoms with Crippen molar-refractivity contribution in [1.29, 1.82) is 0 Å². The molecule has 2 amide bonds. The summed E-state index contributed by atoms with van der Waals surface area (Å²) in [5.74, 6) is -0.786. The molecule has 2 N–H and O–H groups in total. The molecule has 28 heavy (non-hydrogen) atoms. The number of thioether (sulfide) groups is 1. The Morgan fingerprint density at radius 1 is 1.25 bits per heavy atom. The van der Waals surface area contributed by atoms with E-state index in [1.54, 1.807) is 13.0 Å². The summed E-state index contributed by atoms with van der Waals surface area (Å²) in [4.78, 5) is 24.7. The summed E-state index contributed by atoms with van der Waals surface area (Å²) in [5.41, 5.74) is 1.46. The van der Waals surface area contributed by atoms with Gasteiger partial charge in [0.25, 0.3) is 0 Å². The molecular formula is C19H19FN2O4S2. The van der Waals surface area contributed by atoms with Crippen LogP contribution in [0.2, 0.25) is 0 Å². The van der Waals surface area contributed by atoms with Gasteiger partial charge in [0.1, 0.15) is 5.82 Å². The molecule has 3 rings (SSSR count). The number of carbonyl (C=O) groups excluding carboxylic acids is 2. The predicted molar refractivity (Wildman–Crippen MR) is 107 cm³/mol. The van der Waals surface area contributed by atoms with E-state index in [1.165, 1.54) is 42.1 Å². The number of rotatable bonds is 5. The quantitative estimate of drug-likeness (QED) is 0.771. The maximum atomic E-state index is 13.1. The van der Waals surface area contributed by atoms with Gasteiger partial charge in [-0.15, -0.1) is 11.8 Å². The van der Waals surface area contributed by atoms with Crippen LogP contribution in [0.25, 0.3) is 0 Å². The first-order valence-electron chi connectivity index (χ1n) is 8.60. The van der Waals surface area contributed by atoms with Crippen molar-refractivity contribution in [3.8, 4) is 0 Å². The summed E-state index contributed by atoms with van der Waals surface area (Å²) in [6.45, 7) is 1.65. The molecule has 0 unspecified atom stereocenters. The summed E-state index contributed by atoms with van der Waals surface area (Å²) in [7, 11) is -3.71. The topological polar surface area (TPSA) is 92.3 Å². The monoisotopic (exact) mass is 422 g/mol. The second kappa shape index (κ2) is 8.32. The Morgan fingerprint density at radius 2 is 2.04 bits per heavy atom. The zero-order valence-electron chi connectivity index (χ0n) is 15.1. The molecule has 2 aromatic rings. The molecule has 1 aliphatic heterocycles. The van der Waals surface area contributed by atoms with E-state index in [-0.39, 0.29) is 23.0 Å². The summed E-state index contributed by atoms with van der Waals surface area (Å²) in [6, 6.07) is 8.53. The Balaban J connectivity index is 1.68. The van der Waals surface area contributed by atoms with Crippen LogP contribution in [-0.4, -0.2) is 31.7 Å². The Labute approximate surface area is 166 Å². The van der Waals surface area contributed by atoms with Gasteiger partial charge >= 0.3 is 0 Å². The van der Waals surface area contributed by atoms with Crippen LogP contribution >= 0.6 is 11.8 Å². The highest BCUT2D eigenvalue weighted by Gasteiger charge is 2.20. The minimum Gasteiger partial charge on any atom is -0.326 e. The van der Waals surface area contributed by atoms with Gasteiger partial charge in [0, 0.05) is 29.2 Å². The molecule has 1 heterocycles. The Kier molecular flexibility index (Phi) is 6.04. The SMILES string of the molecule is Cc1cc(F)ccc1NC(=O)CCS(=O)(=O)c1ccc2c(c1)NC(=O)CCS2. The molecule has 0 aromatic heterocycles. The highest BCUT2D eigenvalue weighted by molar-refractivity contribution is 7.99. The van der Waals surface area contributed by atoms with Crippen LogP contribution in [-0.2, 0) is 19.4 Å². The fourth-order valence-corrected chi connectivity index (χ4v) is 4.92. The van der Waals surface area contributed by atoms with Crippen molar-refractivity contribution in [2.45, 2.75) is 29.6 Å². The van der Waals surface area contributed by atoms with E-state index in [0.717, 1.165) is 4.90 Å². The van der Waals surface area contributed by atoms with E-state index < -0.39 is 21.6 Å². The third-order valence-electron chi connectivity index (χ3n) is 4.23. The van der Waals surface area contributed by atoms with Crippen molar-refractivity contribution in [2.24, 2.45) is 0 Å². The number of halogens is 1. The third kappa shape index (κ3) is 4.90. The van der Waals surface area contributed by atoms with E-state index in [0.29, 0.717) is 29.1 Å². The Hall–Kier alpha value is -2.39. The van der Waals surface area contributed by atoms with Crippen LogP contribution in [0.5, 0.6) is 0 Å². The van der Waals surface area contributed by atoms with Crippen molar-refractivity contribution in [2.75, 3.05) is 22.1 Å². The second-order valence-electron chi connectivity index (χ2n) is 6.38. The lowest BCUT2D eigenvalue weighted by Crippen LogP contribution is -2.18. The van der Waals surface area contributed by atoms with Gasteiger partial charge in [-0.2, -0.15) is 0 Å². The lowest BCUT2D eigenvalue weighted by Gasteiger charge is -2.11. The van der Waals surface area contributed by atoms with Crippen molar-refractivity contribution < 1.29 is 22.4 Å². The average molecular weight is 423 g/mol. The number of nitrogens with one attached hydrogen (secondary N) is 2. The lowest BCUT2D eigenvalue weighted by atomic mass is 10.2. The molecule has 148 valence electrons. The summed E-state index contributed by atoms with van der Waals surface area (Å²) < 4.78 is 38.3. The fraction of sp³-hybridized carbons (Fsp3) is 0.263. The maximum absolute atomic E-state index is 13.1. The van der Waals surface area contributed by atoms with Crippen LogP contribution < -0.4 is 10.6 Å². The second-order valence-corrected chi connectivity index (χ2v) is 9.63. The number of hydrogen-bond acceptors (Lipinski definition) is 5. The van der Waals surface area contributed by atoms with E-state index in [1.807, 2.05) is 0 Å². The van der Waals surface area contributed by atoms with Crippen molar-refractivity contribution in [1.82, 2.24) is 0 Å². The van der Waals surface area contributed by atoms with Crippen LogP contribution in [0, 0.1) is 12.7 Å². The van der Waals surface area contributed by atoms with Crippen LogP contribution in [0.15, 0.2) is 46.2 Å². The third-order valence-corrected chi connectivity index (χ3v) is 7.02. The molecule has 0 spiro atoms. The number of fused-ring (bicyclic) bond motifs is 1. The number of sulfone groups is 1. The highest BCUT2D eigenvalue weighted by atomic mass is 32.2. The van der Waals surface area contributed by atoms with E-state index in [4.69, 9.17) is 0 Å². The molecule has 0 fully saturated rings. The summed E-state index contributed by atoms with van der Waals surface area (Å²) in [6.07, 6.45) is 0.127. The molecule has 0 saturated heterocycles. The first-order chi connectivity index (χ1) is 13.2. The molecular weight excluding hydrogens is 403 g/mol. The van der Waals surface area contributed by atoms with Gasteiger partial charge in [-0.25, -0.2) is 12.8 Å². The van der Waals surface area contributed by atoms with E-state index >= 15 is 0 Å². The first-order valence-corrected chi connectivity index (χ1v) is 11.2. The first kappa shape index (κ1) is 20.3. The van der Waals surface area contributed by atoms with Crippen LogP contribution in [0.4, 0.5) is 15.8 Å². The maximum Gasteiger partial charge on any atom is 0.225 e. The molecule has 0 radical (unpaired) electrons. The van der Waals surface area contributed by atoms with Gasteiger partial charge in [0.15, 0.2) is 9.84 Å². The summed E-state index contributed by atoms with van der Waals surface area (Å²) in [5, 5.41) is 5.30. The lowest BCUT2D eigenvalue weighted by molar-refractivity contribution is -0.116. The number of aryl methyl sites for hydroxylation is 1. The molecule has 9 heteroatoms. The molecule has 6 nitrogen and oxygen atoms in total. The predicted octanol–water partition coefficient (Wildman–Crippen LogP) is 3.37. The van der Waals surface area contributed by atoms with Crippen molar-refractivity contribution >= 4 is 44.8 Å². The molecule has 2 aromatic carbocycles. The van der Waals surface area contributed by atoms with E-state index in [9.17, 15) is 22.4 Å². The molecule has 0 bridgehead atoms. The van der Waals surface area contributed by atoms with Gasteiger partial charge < -0.3 is 10.6 Å². The fourth-order valence-electron chi connectivity index (χ4n) is 2.72. The molecule has 0 atom stereocenters. The minimum atomic E-state index is -3.71. The molecule has 1 aliphatic rings. The van der Waals surface area contributed by atoms with E-state index in [2.05, 4.69) is 10.6 Å². The normalized spacial score (nSPS) is 14.0. The number of hydrogen-bond donors (Lipinski definition) is 2. The average Bonchev–Trinajstić information content (AvgIpc) is 2.82. The van der Waals surface area contributed by atoms with Crippen LogP contribution in [0.3, 0.4) is 0 Å². The van der Waals surface area contributed by atoms with Crippen molar-refractivity contribution in [3.05, 3.63) is 47.8 Å². The van der Waals surface area contributed by atoms with Gasteiger partial charge in [-0.1, -0.05) is 0 Å². The van der Waals surface area contributed by atoms with Crippen LogP contribution in [0.1, 0.15) is 18.4 Å².